The van der Waals surface area contributed by atoms with Crippen LogP contribution in [0.2, 0.25) is 0 Å². The number of benzene rings is 1. The molecule has 0 saturated carbocycles. The van der Waals surface area contributed by atoms with Crippen molar-refractivity contribution >= 4 is 34.8 Å². The summed E-state index contributed by atoms with van der Waals surface area (Å²) >= 11 is 0. The van der Waals surface area contributed by atoms with Gasteiger partial charge in [-0.05, 0) is 36.4 Å². The Labute approximate surface area is 178 Å². The molecule has 2 amide bonds. The first-order valence-corrected chi connectivity index (χ1v) is 9.35. The number of carbonyl (C=O) groups excluding carboxylic acids is 2. The van der Waals surface area contributed by atoms with E-state index < -0.39 is 0 Å². The lowest BCUT2D eigenvalue weighted by Crippen LogP contribution is -2.13. The minimum absolute atomic E-state index is 0.309. The van der Waals surface area contributed by atoms with Crippen molar-refractivity contribution < 1.29 is 19.4 Å². The zero-order valence-corrected chi connectivity index (χ0v) is 16.5. The van der Waals surface area contributed by atoms with Gasteiger partial charge in [-0.1, -0.05) is 11.8 Å². The third kappa shape index (κ3) is 3.90. The number of fused-ring (bicyclic) bond motifs is 1. The number of aliphatic hydroxyl groups is 1. The number of pyridine rings is 1. The standard InChI is InChI=1S/C23H18N4O4/c1-31-20-8-11-25-19(20)13-16-21-15(3-2-12-28)17(4-5-18(21)27-23(16)30)26-22(29)14-6-9-24-10-7-14/h4-11,13,25,28H,12H2,1H3,(H,26,29)(H,27,30). The van der Waals surface area contributed by atoms with Gasteiger partial charge in [0.15, 0.2) is 0 Å². The number of hydrogen-bond acceptors (Lipinski definition) is 5. The molecule has 8 nitrogen and oxygen atoms in total. The number of nitrogens with one attached hydrogen (secondary N) is 3. The zero-order valence-electron chi connectivity index (χ0n) is 16.5. The molecule has 1 aliphatic heterocycles. The minimum atomic E-state index is -0.369. The molecule has 4 rings (SSSR count). The average Bonchev–Trinajstić information content (AvgIpc) is 3.37. The van der Waals surface area contributed by atoms with E-state index in [1.807, 2.05) is 0 Å². The van der Waals surface area contributed by atoms with Gasteiger partial charge in [-0.3, -0.25) is 14.6 Å². The third-order valence-corrected chi connectivity index (χ3v) is 4.70. The van der Waals surface area contributed by atoms with E-state index in [4.69, 9.17) is 4.74 Å². The third-order valence-electron chi connectivity index (χ3n) is 4.70. The van der Waals surface area contributed by atoms with Crippen LogP contribution in [0.15, 0.2) is 48.9 Å². The number of aliphatic hydroxyl groups excluding tert-OH is 1. The molecule has 0 aliphatic carbocycles. The summed E-state index contributed by atoms with van der Waals surface area (Å²) in [6, 6.07) is 8.30. The van der Waals surface area contributed by atoms with Gasteiger partial charge in [0, 0.05) is 29.7 Å². The summed E-state index contributed by atoms with van der Waals surface area (Å²) in [7, 11) is 1.54. The number of rotatable bonds is 4. The summed E-state index contributed by atoms with van der Waals surface area (Å²) in [5, 5.41) is 14.9. The van der Waals surface area contributed by atoms with Crippen LogP contribution >= 0.6 is 0 Å². The Hall–Kier alpha value is -4.35. The molecule has 31 heavy (non-hydrogen) atoms. The second-order valence-corrected chi connectivity index (χ2v) is 6.53. The number of aromatic nitrogens is 2. The predicted octanol–water partition coefficient (Wildman–Crippen LogP) is 2.51. The van der Waals surface area contributed by atoms with Gasteiger partial charge in [-0.15, -0.1) is 0 Å². The highest BCUT2D eigenvalue weighted by atomic mass is 16.5. The molecule has 0 fully saturated rings. The molecule has 0 bridgehead atoms. The van der Waals surface area contributed by atoms with Crippen LogP contribution in [0.5, 0.6) is 5.75 Å². The van der Waals surface area contributed by atoms with E-state index in [1.165, 1.54) is 12.4 Å². The van der Waals surface area contributed by atoms with Gasteiger partial charge in [-0.2, -0.15) is 0 Å². The predicted molar refractivity (Wildman–Crippen MR) is 116 cm³/mol. The monoisotopic (exact) mass is 414 g/mol. The number of carbonyl (C=O) groups is 2. The Morgan fingerprint density at radius 2 is 2.06 bits per heavy atom. The van der Waals surface area contributed by atoms with Crippen LogP contribution in [-0.4, -0.2) is 40.6 Å². The van der Waals surface area contributed by atoms with Gasteiger partial charge in [-0.25, -0.2) is 0 Å². The Balaban J connectivity index is 1.83. The first-order valence-electron chi connectivity index (χ1n) is 9.35. The number of H-pyrrole nitrogens is 1. The highest BCUT2D eigenvalue weighted by Gasteiger charge is 2.29. The Kier molecular flexibility index (Phi) is 5.51. The number of nitrogens with zero attached hydrogens (tertiary/aromatic N) is 1. The van der Waals surface area contributed by atoms with Crippen LogP contribution in [-0.2, 0) is 4.79 Å². The van der Waals surface area contributed by atoms with E-state index in [9.17, 15) is 14.7 Å². The molecule has 1 aromatic carbocycles. The molecule has 8 heteroatoms. The van der Waals surface area contributed by atoms with Crippen LogP contribution in [0.4, 0.5) is 11.4 Å². The molecule has 0 radical (unpaired) electrons. The number of amides is 2. The van der Waals surface area contributed by atoms with Crippen LogP contribution in [0, 0.1) is 11.8 Å². The molecule has 3 aromatic rings. The normalized spacial score (nSPS) is 13.2. The molecule has 1 aliphatic rings. The van der Waals surface area contributed by atoms with Gasteiger partial charge in [0.1, 0.15) is 12.4 Å². The SMILES string of the molecule is COc1cc[nH]c1C=C1C(=O)Nc2ccc(NC(=O)c3ccncc3)c(C#CCO)c21. The van der Waals surface area contributed by atoms with Gasteiger partial charge >= 0.3 is 0 Å². The molecule has 0 spiro atoms. The molecule has 154 valence electrons. The summed E-state index contributed by atoms with van der Waals surface area (Å²) in [4.78, 5) is 32.3. The number of ether oxygens (including phenoxy) is 1. The minimum Gasteiger partial charge on any atom is -0.495 e. The maximum atomic E-state index is 12.7. The largest absolute Gasteiger partial charge is 0.495 e. The van der Waals surface area contributed by atoms with E-state index in [1.54, 1.807) is 49.7 Å². The van der Waals surface area contributed by atoms with E-state index in [0.717, 1.165) is 0 Å². The lowest BCUT2D eigenvalue weighted by Gasteiger charge is -2.12. The summed E-state index contributed by atoms with van der Waals surface area (Å²) in [6.07, 6.45) is 6.42. The lowest BCUT2D eigenvalue weighted by molar-refractivity contribution is -0.110. The number of methoxy groups -OCH3 is 1. The molecule has 0 atom stereocenters. The van der Waals surface area contributed by atoms with Crippen molar-refractivity contribution in [1.29, 1.82) is 0 Å². The number of anilines is 2. The first-order chi connectivity index (χ1) is 15.1. The second kappa shape index (κ2) is 8.57. The summed E-state index contributed by atoms with van der Waals surface area (Å²) in [5.74, 6) is 5.42. The van der Waals surface area contributed by atoms with Crippen molar-refractivity contribution in [2.24, 2.45) is 0 Å². The van der Waals surface area contributed by atoms with E-state index >= 15 is 0 Å². The fourth-order valence-corrected chi connectivity index (χ4v) is 3.29. The van der Waals surface area contributed by atoms with Crippen LogP contribution in [0.25, 0.3) is 11.6 Å². The van der Waals surface area contributed by atoms with Crippen molar-refractivity contribution in [2.75, 3.05) is 24.4 Å². The first kappa shape index (κ1) is 19.9. The van der Waals surface area contributed by atoms with Gasteiger partial charge < -0.3 is 25.5 Å². The topological polar surface area (TPSA) is 116 Å². The van der Waals surface area contributed by atoms with Crippen molar-refractivity contribution in [2.45, 2.75) is 0 Å². The fraction of sp³-hybridized carbons (Fsp3) is 0.0870. The summed E-state index contributed by atoms with van der Waals surface area (Å²) in [6.45, 7) is -0.369. The maximum absolute atomic E-state index is 12.7. The number of aromatic amines is 1. The highest BCUT2D eigenvalue weighted by molar-refractivity contribution is 6.36. The molecular weight excluding hydrogens is 396 g/mol. The molecular formula is C23H18N4O4. The second-order valence-electron chi connectivity index (χ2n) is 6.53. The van der Waals surface area contributed by atoms with E-state index in [0.29, 0.717) is 45.1 Å². The van der Waals surface area contributed by atoms with Crippen molar-refractivity contribution in [1.82, 2.24) is 9.97 Å². The fourth-order valence-electron chi connectivity index (χ4n) is 3.29. The highest BCUT2D eigenvalue weighted by Crippen LogP contribution is 2.39. The quantitative estimate of drug-likeness (QED) is 0.387. The van der Waals surface area contributed by atoms with Gasteiger partial charge in [0.05, 0.1) is 35.3 Å². The van der Waals surface area contributed by atoms with E-state index in [-0.39, 0.29) is 18.4 Å². The van der Waals surface area contributed by atoms with Crippen molar-refractivity contribution in [3.63, 3.8) is 0 Å². The molecule has 0 unspecified atom stereocenters. The molecule has 0 saturated heterocycles. The Morgan fingerprint density at radius 1 is 1.26 bits per heavy atom. The van der Waals surface area contributed by atoms with Crippen molar-refractivity contribution in [3.8, 4) is 17.6 Å². The smallest absolute Gasteiger partial charge is 0.256 e. The molecule has 2 aromatic heterocycles. The molecule has 4 N–H and O–H groups in total. The Morgan fingerprint density at radius 3 is 2.81 bits per heavy atom. The Bertz CT molecular complexity index is 1250. The maximum Gasteiger partial charge on any atom is 0.256 e. The van der Waals surface area contributed by atoms with Crippen LogP contribution < -0.4 is 15.4 Å². The number of hydrogen-bond donors (Lipinski definition) is 4. The lowest BCUT2D eigenvalue weighted by atomic mass is 9.97. The van der Waals surface area contributed by atoms with Crippen LogP contribution in [0.3, 0.4) is 0 Å². The van der Waals surface area contributed by atoms with E-state index in [2.05, 4.69) is 32.4 Å². The molecule has 3 heterocycles. The average molecular weight is 414 g/mol. The summed E-state index contributed by atoms with van der Waals surface area (Å²) in [5.41, 5.74) is 3.34. The van der Waals surface area contributed by atoms with Gasteiger partial charge in [0.2, 0.25) is 0 Å². The van der Waals surface area contributed by atoms with Crippen LogP contribution in [0.1, 0.15) is 27.2 Å². The van der Waals surface area contributed by atoms with Gasteiger partial charge in [0.25, 0.3) is 11.8 Å². The zero-order chi connectivity index (χ0) is 21.8. The van der Waals surface area contributed by atoms with Crippen molar-refractivity contribution in [3.05, 3.63) is 71.3 Å². The summed E-state index contributed by atoms with van der Waals surface area (Å²) < 4.78 is 5.31.